The standard InChI is InChI=1S/C28H26N2O6/c31-29(32)21-1-5-23(6-2-21)35-25-9-10-26(28-15-18-11-19(16-28)13-20(12-18)17-28)27(14-25)36-24-7-3-22(4-8-24)30(33)34/h1-10,14,18-20H,11-13,15-17H2. The Morgan fingerprint density at radius 1 is 0.639 bits per heavy atom. The van der Waals surface area contributed by atoms with Crippen molar-refractivity contribution in [3.05, 3.63) is 92.5 Å². The fourth-order valence-corrected chi connectivity index (χ4v) is 7.06. The van der Waals surface area contributed by atoms with E-state index in [-0.39, 0.29) is 16.8 Å². The van der Waals surface area contributed by atoms with Gasteiger partial charge in [0.05, 0.1) is 9.85 Å². The Kier molecular flexibility index (Phi) is 5.39. The van der Waals surface area contributed by atoms with Crippen LogP contribution in [-0.4, -0.2) is 9.85 Å². The van der Waals surface area contributed by atoms with Gasteiger partial charge in [0.2, 0.25) is 0 Å². The zero-order chi connectivity index (χ0) is 24.9. The number of nitro groups is 2. The fraction of sp³-hybridized carbons (Fsp3) is 0.357. The Bertz CT molecular complexity index is 1280. The van der Waals surface area contributed by atoms with Crippen molar-refractivity contribution in [1.29, 1.82) is 0 Å². The van der Waals surface area contributed by atoms with Crippen LogP contribution in [0.5, 0.6) is 23.0 Å². The molecule has 7 rings (SSSR count). The molecule has 0 N–H and O–H groups in total. The highest BCUT2D eigenvalue weighted by Crippen LogP contribution is 2.62. The molecule has 0 atom stereocenters. The maximum absolute atomic E-state index is 11.1. The third-order valence-electron chi connectivity index (χ3n) is 8.12. The summed E-state index contributed by atoms with van der Waals surface area (Å²) in [6.45, 7) is 0. The first kappa shape index (κ1) is 22.5. The van der Waals surface area contributed by atoms with Crippen LogP contribution in [0.15, 0.2) is 66.7 Å². The minimum atomic E-state index is -0.444. The van der Waals surface area contributed by atoms with Crippen LogP contribution in [0.1, 0.15) is 44.1 Å². The number of non-ortho nitro benzene ring substituents is 2. The molecule has 8 heteroatoms. The normalized spacial score (nSPS) is 25.9. The first-order chi connectivity index (χ1) is 17.4. The average molecular weight is 487 g/mol. The van der Waals surface area contributed by atoms with E-state index < -0.39 is 9.85 Å². The molecule has 8 nitrogen and oxygen atoms in total. The zero-order valence-electron chi connectivity index (χ0n) is 19.7. The Morgan fingerprint density at radius 2 is 1.08 bits per heavy atom. The highest BCUT2D eigenvalue weighted by molar-refractivity contribution is 5.50. The maximum atomic E-state index is 11.1. The van der Waals surface area contributed by atoms with E-state index in [4.69, 9.17) is 9.47 Å². The van der Waals surface area contributed by atoms with Crippen molar-refractivity contribution < 1.29 is 19.3 Å². The minimum Gasteiger partial charge on any atom is -0.457 e. The summed E-state index contributed by atoms with van der Waals surface area (Å²) in [5, 5.41) is 22.0. The van der Waals surface area contributed by atoms with E-state index in [0.29, 0.717) is 23.0 Å². The van der Waals surface area contributed by atoms with Crippen molar-refractivity contribution >= 4 is 11.4 Å². The van der Waals surface area contributed by atoms with E-state index >= 15 is 0 Å². The predicted molar refractivity (Wildman–Crippen MR) is 133 cm³/mol. The molecule has 0 aliphatic heterocycles. The van der Waals surface area contributed by atoms with E-state index in [1.165, 1.54) is 68.4 Å². The predicted octanol–water partition coefficient (Wildman–Crippen LogP) is 7.56. The van der Waals surface area contributed by atoms with Crippen LogP contribution in [-0.2, 0) is 5.41 Å². The topological polar surface area (TPSA) is 105 Å². The molecule has 4 aliphatic rings. The fourth-order valence-electron chi connectivity index (χ4n) is 7.06. The first-order valence-electron chi connectivity index (χ1n) is 12.4. The van der Waals surface area contributed by atoms with Gasteiger partial charge in [-0.1, -0.05) is 6.07 Å². The Labute approximate surface area is 208 Å². The summed E-state index contributed by atoms with van der Waals surface area (Å²) in [5.74, 6) is 4.57. The number of nitrogens with zero attached hydrogens (tertiary/aromatic N) is 2. The summed E-state index contributed by atoms with van der Waals surface area (Å²) in [6.07, 6.45) is 7.49. The third-order valence-corrected chi connectivity index (χ3v) is 8.12. The molecule has 4 saturated carbocycles. The largest absolute Gasteiger partial charge is 0.457 e. The lowest BCUT2D eigenvalue weighted by molar-refractivity contribution is -0.385. The molecular formula is C28H26N2O6. The van der Waals surface area contributed by atoms with Crippen LogP contribution < -0.4 is 9.47 Å². The molecule has 0 radical (unpaired) electrons. The van der Waals surface area contributed by atoms with Crippen LogP contribution in [0, 0.1) is 38.0 Å². The molecule has 0 amide bonds. The molecule has 0 heterocycles. The van der Waals surface area contributed by atoms with Gasteiger partial charge in [0, 0.05) is 35.9 Å². The van der Waals surface area contributed by atoms with Crippen molar-refractivity contribution in [2.75, 3.05) is 0 Å². The summed E-state index contributed by atoms with van der Waals surface area (Å²) in [6, 6.07) is 18.0. The lowest BCUT2D eigenvalue weighted by atomic mass is 9.48. The SMILES string of the molecule is O=[N+]([O-])c1ccc(Oc2ccc(C34CC5CC(CC(C5)C3)C4)c(Oc3ccc([N+](=O)[O-])cc3)c2)cc1. The van der Waals surface area contributed by atoms with Crippen LogP contribution in [0.2, 0.25) is 0 Å². The number of ether oxygens (including phenoxy) is 2. The van der Waals surface area contributed by atoms with Crippen molar-refractivity contribution in [3.63, 3.8) is 0 Å². The minimum absolute atomic E-state index is 0.00158. The summed E-state index contributed by atoms with van der Waals surface area (Å²) in [5.41, 5.74) is 1.27. The second-order valence-corrected chi connectivity index (χ2v) is 10.6. The number of rotatable bonds is 7. The van der Waals surface area contributed by atoms with Gasteiger partial charge in [-0.25, -0.2) is 0 Å². The highest BCUT2D eigenvalue weighted by Gasteiger charge is 2.52. The molecule has 0 aromatic heterocycles. The molecule has 0 saturated heterocycles. The summed E-state index contributed by atoms with van der Waals surface area (Å²) < 4.78 is 12.4. The summed E-state index contributed by atoms with van der Waals surface area (Å²) >= 11 is 0. The highest BCUT2D eigenvalue weighted by atomic mass is 16.6. The lowest BCUT2D eigenvalue weighted by Crippen LogP contribution is -2.48. The smallest absolute Gasteiger partial charge is 0.269 e. The molecule has 184 valence electrons. The first-order valence-corrected chi connectivity index (χ1v) is 12.4. The van der Waals surface area contributed by atoms with Crippen LogP contribution in [0.25, 0.3) is 0 Å². The quantitative estimate of drug-likeness (QED) is 0.252. The van der Waals surface area contributed by atoms with Gasteiger partial charge in [-0.05, 0) is 92.0 Å². The van der Waals surface area contributed by atoms with Gasteiger partial charge in [0.15, 0.2) is 0 Å². The van der Waals surface area contributed by atoms with Crippen molar-refractivity contribution in [2.45, 2.75) is 43.9 Å². The number of nitro benzene ring substituents is 2. The van der Waals surface area contributed by atoms with Crippen LogP contribution >= 0.6 is 0 Å². The Hall–Kier alpha value is -3.94. The van der Waals surface area contributed by atoms with Gasteiger partial charge in [-0.3, -0.25) is 20.2 Å². The molecule has 3 aromatic rings. The third kappa shape index (κ3) is 4.17. The van der Waals surface area contributed by atoms with Crippen molar-refractivity contribution in [3.8, 4) is 23.0 Å². The van der Waals surface area contributed by atoms with Gasteiger partial charge in [0.25, 0.3) is 11.4 Å². The number of hydrogen-bond acceptors (Lipinski definition) is 6. The number of hydrogen-bond donors (Lipinski definition) is 0. The van der Waals surface area contributed by atoms with Gasteiger partial charge in [-0.15, -0.1) is 0 Å². The molecule has 4 bridgehead atoms. The van der Waals surface area contributed by atoms with Gasteiger partial charge >= 0.3 is 0 Å². The molecule has 4 fully saturated rings. The van der Waals surface area contributed by atoms with Crippen LogP contribution in [0.3, 0.4) is 0 Å². The molecule has 36 heavy (non-hydrogen) atoms. The number of benzene rings is 3. The van der Waals surface area contributed by atoms with Gasteiger partial charge in [0.1, 0.15) is 23.0 Å². The Morgan fingerprint density at radius 3 is 1.56 bits per heavy atom. The molecule has 3 aromatic carbocycles. The molecule has 4 aliphatic carbocycles. The second-order valence-electron chi connectivity index (χ2n) is 10.6. The summed E-state index contributed by atoms with van der Waals surface area (Å²) in [7, 11) is 0. The van der Waals surface area contributed by atoms with E-state index in [1.54, 1.807) is 24.3 Å². The van der Waals surface area contributed by atoms with E-state index in [9.17, 15) is 20.2 Å². The molecular weight excluding hydrogens is 460 g/mol. The van der Waals surface area contributed by atoms with Crippen molar-refractivity contribution in [1.82, 2.24) is 0 Å². The van der Waals surface area contributed by atoms with E-state index in [0.717, 1.165) is 17.8 Å². The average Bonchev–Trinajstić information content (AvgIpc) is 2.84. The summed E-state index contributed by atoms with van der Waals surface area (Å²) in [4.78, 5) is 21.2. The second kappa shape index (κ2) is 8.62. The molecule has 0 unspecified atom stereocenters. The zero-order valence-corrected chi connectivity index (χ0v) is 19.7. The Balaban J connectivity index is 1.35. The van der Waals surface area contributed by atoms with E-state index in [2.05, 4.69) is 6.07 Å². The molecule has 0 spiro atoms. The monoisotopic (exact) mass is 486 g/mol. The van der Waals surface area contributed by atoms with E-state index in [1.807, 2.05) is 12.1 Å². The van der Waals surface area contributed by atoms with Gasteiger partial charge < -0.3 is 9.47 Å². The lowest BCUT2D eigenvalue weighted by Gasteiger charge is -2.57. The van der Waals surface area contributed by atoms with Crippen molar-refractivity contribution in [2.24, 2.45) is 17.8 Å². The maximum Gasteiger partial charge on any atom is 0.269 e. The van der Waals surface area contributed by atoms with Crippen LogP contribution in [0.4, 0.5) is 11.4 Å². The van der Waals surface area contributed by atoms with Gasteiger partial charge in [-0.2, -0.15) is 0 Å².